The molecule has 0 aromatic heterocycles. The number of aliphatic hydroxyl groups excluding tert-OH is 1. The van der Waals surface area contributed by atoms with Gasteiger partial charge in [-0.25, -0.2) is 0 Å². The number of nitrogens with one attached hydrogen (secondary N) is 1. The van der Waals surface area contributed by atoms with Crippen LogP contribution in [0.1, 0.15) is 200 Å². The van der Waals surface area contributed by atoms with E-state index >= 15 is 0 Å². The minimum absolute atomic E-state index is 0.00409. The summed E-state index contributed by atoms with van der Waals surface area (Å²) in [7, 11) is 1.25. The number of likely N-dealkylation sites (N-methyl/N-ethyl adjacent to an activating group) is 1. The normalized spacial score (nSPS) is 14.7. The quantitative estimate of drug-likeness (QED) is 0.0276. The van der Waals surface area contributed by atoms with E-state index in [4.69, 9.17) is 9.05 Å². The summed E-state index contributed by atoms with van der Waals surface area (Å²) in [6.07, 6.45) is 46.1. The zero-order valence-corrected chi connectivity index (χ0v) is 37.5. The topological polar surface area (TPSA) is 108 Å². The van der Waals surface area contributed by atoms with Crippen LogP contribution in [0, 0.1) is 0 Å². The lowest BCUT2D eigenvalue weighted by Crippen LogP contribution is -2.45. The molecular weight excluding hydrogens is 707 g/mol. The molecule has 0 bridgehead atoms. The lowest BCUT2D eigenvalue weighted by atomic mass is 10.0. The fraction of sp³-hybridized carbons (Fsp3) is 0.848. The number of hydrogen-bond acceptors (Lipinski definition) is 6. The first-order valence-corrected chi connectivity index (χ1v) is 24.3. The van der Waals surface area contributed by atoms with Crippen LogP contribution >= 0.6 is 7.82 Å². The Morgan fingerprint density at radius 3 is 1.56 bits per heavy atom. The van der Waals surface area contributed by atoms with Crippen LogP contribution in [-0.2, 0) is 18.4 Å². The van der Waals surface area contributed by atoms with Crippen LogP contribution in [0.5, 0.6) is 0 Å². The number of carbonyl (C=O) groups excluding carboxylic acids is 1. The molecule has 2 N–H and O–H groups in total. The van der Waals surface area contributed by atoms with Crippen LogP contribution in [0.25, 0.3) is 0 Å². The third kappa shape index (κ3) is 40.7. The van der Waals surface area contributed by atoms with Crippen LogP contribution in [0.15, 0.2) is 36.5 Å². The minimum Gasteiger partial charge on any atom is -0.756 e. The average molecular weight is 797 g/mol. The van der Waals surface area contributed by atoms with Crippen molar-refractivity contribution in [3.63, 3.8) is 0 Å². The number of hydrogen-bond donors (Lipinski definition) is 2. The molecule has 3 atom stereocenters. The molecule has 0 aromatic rings. The number of aliphatic hydroxyl groups is 1. The van der Waals surface area contributed by atoms with E-state index in [0.717, 1.165) is 64.2 Å². The van der Waals surface area contributed by atoms with Gasteiger partial charge in [-0.15, -0.1) is 0 Å². The second kappa shape index (κ2) is 38.2. The standard InChI is InChI=1S/C46H89N2O6P/c1-6-8-10-12-14-16-18-20-22-23-24-25-26-27-29-31-33-35-37-39-45(49)44(43-54-55(51,52)53-42-41-48(3,4)5)47-46(50)40-38-36-34-32-30-28-21-19-17-15-13-11-9-7-2/h13,15,19,21,37,39,44-45,49H,6-12,14,16-18,20,22-36,38,40-43H2,1-5H3,(H-,47,50,51,52)/b15-13-,21-19-,39-37+. The number of allylic oxidation sites excluding steroid dienone is 5. The van der Waals surface area contributed by atoms with Gasteiger partial charge in [-0.05, 0) is 44.9 Å². The number of phosphoric acid groups is 1. The highest BCUT2D eigenvalue weighted by atomic mass is 31.2. The number of quaternary nitrogens is 1. The molecule has 1 amide bonds. The van der Waals surface area contributed by atoms with Crippen molar-refractivity contribution in [1.29, 1.82) is 0 Å². The molecule has 9 heteroatoms. The van der Waals surface area contributed by atoms with E-state index in [2.05, 4.69) is 43.5 Å². The summed E-state index contributed by atoms with van der Waals surface area (Å²) in [5.41, 5.74) is 0. The van der Waals surface area contributed by atoms with Gasteiger partial charge in [-0.3, -0.25) is 9.36 Å². The predicted octanol–water partition coefficient (Wildman–Crippen LogP) is 12.1. The highest BCUT2D eigenvalue weighted by molar-refractivity contribution is 7.45. The first-order valence-electron chi connectivity index (χ1n) is 22.9. The summed E-state index contributed by atoms with van der Waals surface area (Å²) in [4.78, 5) is 25.3. The highest BCUT2D eigenvalue weighted by Gasteiger charge is 2.23. The molecule has 0 aromatic carbocycles. The van der Waals surface area contributed by atoms with Crippen molar-refractivity contribution in [2.45, 2.75) is 212 Å². The van der Waals surface area contributed by atoms with Gasteiger partial charge in [-0.2, -0.15) is 0 Å². The van der Waals surface area contributed by atoms with Crippen molar-refractivity contribution in [2.75, 3.05) is 40.9 Å². The number of amides is 1. The van der Waals surface area contributed by atoms with Crippen molar-refractivity contribution in [2.24, 2.45) is 0 Å². The van der Waals surface area contributed by atoms with E-state index in [-0.39, 0.29) is 19.1 Å². The molecule has 0 aliphatic carbocycles. The predicted molar refractivity (Wildman–Crippen MR) is 233 cm³/mol. The summed E-state index contributed by atoms with van der Waals surface area (Å²) >= 11 is 0. The Labute approximate surface area is 340 Å². The zero-order chi connectivity index (χ0) is 40.7. The molecule has 3 unspecified atom stereocenters. The molecule has 0 saturated heterocycles. The fourth-order valence-corrected chi connectivity index (χ4v) is 7.13. The molecule has 0 rings (SSSR count). The Hall–Kier alpha value is -1.28. The highest BCUT2D eigenvalue weighted by Crippen LogP contribution is 2.38. The molecule has 0 fully saturated rings. The van der Waals surface area contributed by atoms with E-state index in [1.807, 2.05) is 27.2 Å². The molecule has 0 aliphatic heterocycles. The first kappa shape index (κ1) is 53.7. The van der Waals surface area contributed by atoms with Gasteiger partial charge in [0.15, 0.2) is 0 Å². The summed E-state index contributed by atoms with van der Waals surface area (Å²) in [5, 5.41) is 13.8. The van der Waals surface area contributed by atoms with Crippen molar-refractivity contribution >= 4 is 13.7 Å². The third-order valence-corrected chi connectivity index (χ3v) is 11.1. The van der Waals surface area contributed by atoms with Gasteiger partial charge in [0.25, 0.3) is 7.82 Å². The SMILES string of the molecule is CCCC/C=C\C/C=C\CCCCCCCC(=O)NC(COP(=O)([O-])OCC[N+](C)(C)C)C(O)/C=C/CCCCCCCCCCCCCCCCCCC. The number of phosphoric ester groups is 1. The summed E-state index contributed by atoms with van der Waals surface area (Å²) in [5.74, 6) is -0.212. The van der Waals surface area contributed by atoms with E-state index in [0.29, 0.717) is 17.4 Å². The van der Waals surface area contributed by atoms with Gasteiger partial charge >= 0.3 is 0 Å². The molecular formula is C46H89N2O6P. The van der Waals surface area contributed by atoms with E-state index in [9.17, 15) is 19.4 Å². The van der Waals surface area contributed by atoms with Gasteiger partial charge in [0.1, 0.15) is 13.2 Å². The smallest absolute Gasteiger partial charge is 0.268 e. The maximum atomic E-state index is 12.8. The van der Waals surface area contributed by atoms with Crippen LogP contribution in [0.3, 0.4) is 0 Å². The van der Waals surface area contributed by atoms with E-state index < -0.39 is 20.0 Å². The van der Waals surface area contributed by atoms with Crippen molar-refractivity contribution < 1.29 is 32.9 Å². The van der Waals surface area contributed by atoms with Gasteiger partial charge in [0.2, 0.25) is 5.91 Å². The Kier molecular flexibility index (Phi) is 37.4. The lowest BCUT2D eigenvalue weighted by molar-refractivity contribution is -0.870. The van der Waals surface area contributed by atoms with Crippen LogP contribution in [0.4, 0.5) is 0 Å². The van der Waals surface area contributed by atoms with Crippen LogP contribution < -0.4 is 10.2 Å². The molecule has 0 aliphatic rings. The number of rotatable bonds is 41. The minimum atomic E-state index is -4.59. The summed E-state index contributed by atoms with van der Waals surface area (Å²) in [6.45, 7) is 4.59. The van der Waals surface area contributed by atoms with Gasteiger partial charge in [0, 0.05) is 6.42 Å². The Morgan fingerprint density at radius 1 is 0.636 bits per heavy atom. The zero-order valence-electron chi connectivity index (χ0n) is 36.6. The summed E-state index contributed by atoms with van der Waals surface area (Å²) < 4.78 is 23.2. The number of nitrogens with zero attached hydrogens (tertiary/aromatic N) is 1. The van der Waals surface area contributed by atoms with Gasteiger partial charge < -0.3 is 28.8 Å². The maximum Gasteiger partial charge on any atom is 0.268 e. The largest absolute Gasteiger partial charge is 0.756 e. The first-order chi connectivity index (χ1) is 26.5. The molecule has 8 nitrogen and oxygen atoms in total. The average Bonchev–Trinajstić information content (AvgIpc) is 3.13. The molecule has 0 radical (unpaired) electrons. The fourth-order valence-electron chi connectivity index (χ4n) is 6.40. The van der Waals surface area contributed by atoms with Crippen LogP contribution in [-0.4, -0.2) is 68.5 Å². The van der Waals surface area contributed by atoms with E-state index in [1.54, 1.807) is 6.08 Å². The molecule has 0 spiro atoms. The monoisotopic (exact) mass is 797 g/mol. The molecule has 0 heterocycles. The number of carbonyl (C=O) groups is 1. The Bertz CT molecular complexity index is 995. The second-order valence-corrected chi connectivity index (χ2v) is 18.2. The Balaban J connectivity index is 4.41. The third-order valence-electron chi connectivity index (χ3n) is 10.1. The second-order valence-electron chi connectivity index (χ2n) is 16.8. The van der Waals surface area contributed by atoms with Crippen molar-refractivity contribution in [1.82, 2.24) is 5.32 Å². The lowest BCUT2D eigenvalue weighted by Gasteiger charge is -2.29. The maximum absolute atomic E-state index is 12.8. The molecule has 55 heavy (non-hydrogen) atoms. The molecule has 324 valence electrons. The van der Waals surface area contributed by atoms with Crippen molar-refractivity contribution in [3.05, 3.63) is 36.5 Å². The van der Waals surface area contributed by atoms with Gasteiger partial charge in [-0.1, -0.05) is 185 Å². The summed E-state index contributed by atoms with van der Waals surface area (Å²) in [6, 6.07) is -0.892. The van der Waals surface area contributed by atoms with Crippen LogP contribution in [0.2, 0.25) is 0 Å². The molecule has 0 saturated carbocycles. The Morgan fingerprint density at radius 2 is 1.07 bits per heavy atom. The number of unbranched alkanes of at least 4 members (excludes halogenated alkanes) is 24. The van der Waals surface area contributed by atoms with E-state index in [1.165, 1.54) is 116 Å². The van der Waals surface area contributed by atoms with Crippen molar-refractivity contribution in [3.8, 4) is 0 Å². The van der Waals surface area contributed by atoms with Gasteiger partial charge in [0.05, 0.1) is 39.9 Å².